The van der Waals surface area contributed by atoms with Crippen molar-refractivity contribution in [3.8, 4) is 39.9 Å². The number of nitrogens with zero attached hydrogens (tertiary/aromatic N) is 6. The Morgan fingerprint density at radius 1 is 0.303 bits per heavy atom. The van der Waals surface area contributed by atoms with Gasteiger partial charge in [0, 0.05) is 66.9 Å². The molecule has 0 spiro atoms. The first kappa shape index (κ1) is 36.3. The molecule has 6 nitrogen and oxygen atoms in total. The van der Waals surface area contributed by atoms with Crippen LogP contribution in [0.2, 0.25) is 0 Å². The third kappa shape index (κ3) is 5.08. The Hall–Kier alpha value is -9.18. The first-order valence-corrected chi connectivity index (χ1v) is 22.3. The topological polar surface area (TPSA) is 56.4 Å². The summed E-state index contributed by atoms with van der Waals surface area (Å²) in [7, 11) is 0. The number of rotatable bonds is 5. The minimum atomic E-state index is 0.580. The van der Waals surface area contributed by atoms with Gasteiger partial charge in [-0.25, -0.2) is 0 Å². The maximum Gasteiger partial charge on any atom is 0.104 e. The van der Waals surface area contributed by atoms with E-state index in [4.69, 9.17) is 0 Å². The van der Waals surface area contributed by atoms with Gasteiger partial charge in [0.25, 0.3) is 0 Å². The highest BCUT2D eigenvalue weighted by molar-refractivity contribution is 6.14. The molecule has 0 radical (unpaired) electrons. The molecule has 14 rings (SSSR count). The zero-order valence-corrected chi connectivity index (χ0v) is 35.5. The summed E-state index contributed by atoms with van der Waals surface area (Å²) in [5, 5.41) is 20.9. The van der Waals surface area contributed by atoms with E-state index in [1.807, 2.05) is 24.5 Å². The van der Waals surface area contributed by atoms with Crippen LogP contribution < -0.4 is 0 Å². The van der Waals surface area contributed by atoms with Gasteiger partial charge in [0.1, 0.15) is 11.6 Å². The van der Waals surface area contributed by atoms with Crippen molar-refractivity contribution in [3.63, 3.8) is 0 Å². The van der Waals surface area contributed by atoms with Crippen LogP contribution in [0.4, 0.5) is 0 Å². The number of pyridine rings is 1. The average molecular weight is 841 g/mol. The Bertz CT molecular complexity index is 4000. The van der Waals surface area contributed by atoms with Gasteiger partial charge in [0.05, 0.1) is 55.5 Å². The molecule has 0 aliphatic carbocycles. The lowest BCUT2D eigenvalue weighted by atomic mass is 10.0. The second-order valence-corrected chi connectivity index (χ2v) is 17.1. The fourth-order valence-electron chi connectivity index (χ4n) is 10.9. The van der Waals surface area contributed by atoms with Crippen molar-refractivity contribution in [2.24, 2.45) is 0 Å². The van der Waals surface area contributed by atoms with Crippen LogP contribution in [0.1, 0.15) is 5.56 Å². The van der Waals surface area contributed by atoms with E-state index in [1.54, 1.807) is 0 Å². The first-order chi connectivity index (χ1) is 32.7. The maximum atomic E-state index is 11.6. The number of hydrogen-bond acceptors (Lipinski definition) is 2. The standard InChI is InChI=1S/C60H36N6/c61-37-50-59(65-55-23-11-5-17-46(55)48-35-40(25-27-57(48)65)63-51-19-7-1-13-42(51)43-14-2-8-20-52(43)63)33-39(38-29-31-62-32-30-38)34-60(50)66-56-24-12-6-18-47(56)49-36-41(26-28-58(49)66)64-53-21-9-3-15-44(53)45-16-4-10-22-54(45)64/h1-36H. The number of para-hydroxylation sites is 6. The minimum absolute atomic E-state index is 0.580. The molecule has 0 fully saturated rings. The second-order valence-electron chi connectivity index (χ2n) is 17.1. The summed E-state index contributed by atoms with van der Waals surface area (Å²) in [6.45, 7) is 0. The lowest BCUT2D eigenvalue weighted by Crippen LogP contribution is -2.05. The van der Waals surface area contributed by atoms with Gasteiger partial charge in [-0.15, -0.1) is 0 Å². The highest BCUT2D eigenvalue weighted by Gasteiger charge is 2.24. The van der Waals surface area contributed by atoms with Gasteiger partial charge in [-0.2, -0.15) is 5.26 Å². The van der Waals surface area contributed by atoms with Gasteiger partial charge in [-0.1, -0.05) is 109 Å². The lowest BCUT2D eigenvalue weighted by Gasteiger charge is -2.18. The van der Waals surface area contributed by atoms with Crippen LogP contribution in [0.25, 0.3) is 121 Å². The SMILES string of the molecule is N#Cc1c(-n2c3ccccc3c3cc(-n4c5ccccc5c5ccccc54)ccc32)cc(-c2ccncc2)cc1-n1c2ccccc2c2cc(-n3c4ccccc4c4ccccc43)ccc21. The summed E-state index contributed by atoms with van der Waals surface area (Å²) in [5.41, 5.74) is 15.1. The molecule has 0 bridgehead atoms. The van der Waals surface area contributed by atoms with Crippen molar-refractivity contribution in [3.05, 3.63) is 224 Å². The van der Waals surface area contributed by atoms with Crippen molar-refractivity contribution < 1.29 is 0 Å². The fraction of sp³-hybridized carbons (Fsp3) is 0. The van der Waals surface area contributed by atoms with Gasteiger partial charge in [-0.3, -0.25) is 4.98 Å². The molecule has 0 saturated carbocycles. The molecule has 5 heterocycles. The molecule has 9 aromatic carbocycles. The van der Waals surface area contributed by atoms with Crippen LogP contribution >= 0.6 is 0 Å². The molecule has 306 valence electrons. The van der Waals surface area contributed by atoms with E-state index >= 15 is 0 Å². The van der Waals surface area contributed by atoms with Crippen molar-refractivity contribution in [1.29, 1.82) is 5.26 Å². The highest BCUT2D eigenvalue weighted by Crippen LogP contribution is 2.42. The fourth-order valence-corrected chi connectivity index (χ4v) is 10.9. The molecule has 6 heteroatoms. The molecular weight excluding hydrogens is 805 g/mol. The molecule has 0 saturated heterocycles. The minimum Gasteiger partial charge on any atom is -0.309 e. The van der Waals surface area contributed by atoms with Gasteiger partial charge >= 0.3 is 0 Å². The third-order valence-corrected chi connectivity index (χ3v) is 13.7. The number of aromatic nitrogens is 5. The van der Waals surface area contributed by atoms with Gasteiger partial charge in [0.15, 0.2) is 0 Å². The van der Waals surface area contributed by atoms with Crippen molar-refractivity contribution >= 4 is 87.2 Å². The van der Waals surface area contributed by atoms with E-state index in [-0.39, 0.29) is 0 Å². The van der Waals surface area contributed by atoms with Gasteiger partial charge in [0.2, 0.25) is 0 Å². The Morgan fingerprint density at radius 2 is 0.621 bits per heavy atom. The summed E-state index contributed by atoms with van der Waals surface area (Å²) in [6.07, 6.45) is 3.67. The van der Waals surface area contributed by atoms with Crippen molar-refractivity contribution in [2.45, 2.75) is 0 Å². The van der Waals surface area contributed by atoms with Crippen LogP contribution in [0.15, 0.2) is 219 Å². The monoisotopic (exact) mass is 840 g/mol. The van der Waals surface area contributed by atoms with Crippen LogP contribution in [0.5, 0.6) is 0 Å². The number of fused-ring (bicyclic) bond motifs is 12. The smallest absolute Gasteiger partial charge is 0.104 e. The predicted molar refractivity (Wildman–Crippen MR) is 272 cm³/mol. The van der Waals surface area contributed by atoms with Crippen molar-refractivity contribution in [2.75, 3.05) is 0 Å². The van der Waals surface area contributed by atoms with E-state index < -0.39 is 0 Å². The number of nitriles is 1. The Labute approximate surface area is 378 Å². The molecule has 0 atom stereocenters. The Morgan fingerprint density at radius 3 is 0.985 bits per heavy atom. The van der Waals surface area contributed by atoms with E-state index in [0.29, 0.717) is 5.56 Å². The molecule has 0 aliphatic rings. The third-order valence-electron chi connectivity index (χ3n) is 13.7. The summed E-state index contributed by atoms with van der Waals surface area (Å²) in [6, 6.07) is 76.4. The molecule has 66 heavy (non-hydrogen) atoms. The Kier molecular flexibility index (Phi) is 7.65. The summed E-state index contributed by atoms with van der Waals surface area (Å²) >= 11 is 0. The highest BCUT2D eigenvalue weighted by atomic mass is 15.0. The molecule has 14 aromatic rings. The first-order valence-electron chi connectivity index (χ1n) is 22.3. The van der Waals surface area contributed by atoms with Gasteiger partial charge < -0.3 is 18.3 Å². The van der Waals surface area contributed by atoms with E-state index in [9.17, 15) is 5.26 Å². The number of benzene rings is 9. The number of hydrogen-bond donors (Lipinski definition) is 0. The average Bonchev–Trinajstić information content (AvgIpc) is 4.11. The normalized spacial score (nSPS) is 11.9. The molecular formula is C60H36N6. The van der Waals surface area contributed by atoms with E-state index in [2.05, 4.69) is 223 Å². The molecule has 0 aliphatic heterocycles. The summed E-state index contributed by atoms with van der Waals surface area (Å²) < 4.78 is 9.32. The zero-order valence-electron chi connectivity index (χ0n) is 35.5. The van der Waals surface area contributed by atoms with Crippen LogP contribution in [-0.2, 0) is 0 Å². The maximum absolute atomic E-state index is 11.6. The van der Waals surface area contributed by atoms with E-state index in [0.717, 1.165) is 99.6 Å². The van der Waals surface area contributed by atoms with Crippen LogP contribution in [0.3, 0.4) is 0 Å². The van der Waals surface area contributed by atoms with Crippen LogP contribution in [-0.4, -0.2) is 23.3 Å². The zero-order chi connectivity index (χ0) is 43.5. The summed E-state index contributed by atoms with van der Waals surface area (Å²) in [5.74, 6) is 0. The largest absolute Gasteiger partial charge is 0.309 e. The van der Waals surface area contributed by atoms with E-state index in [1.165, 1.54) is 21.5 Å². The Balaban J connectivity index is 1.04. The molecule has 5 aromatic heterocycles. The quantitative estimate of drug-likeness (QED) is 0.173. The second kappa shape index (κ2) is 13.9. The molecule has 0 amide bonds. The van der Waals surface area contributed by atoms with Gasteiger partial charge in [-0.05, 0) is 108 Å². The molecule has 0 unspecified atom stereocenters. The predicted octanol–water partition coefficient (Wildman–Crippen LogP) is 15.0. The summed E-state index contributed by atoms with van der Waals surface area (Å²) in [4.78, 5) is 4.38. The van der Waals surface area contributed by atoms with Crippen molar-refractivity contribution in [1.82, 2.24) is 23.3 Å². The van der Waals surface area contributed by atoms with Crippen LogP contribution in [0, 0.1) is 11.3 Å². The lowest BCUT2D eigenvalue weighted by molar-refractivity contribution is 1.11. The molecule has 0 N–H and O–H groups in total.